The molecule has 8 heteroatoms. The molecule has 0 N–H and O–H groups in total. The van der Waals surface area contributed by atoms with Gasteiger partial charge < -0.3 is 4.55 Å². The van der Waals surface area contributed by atoms with Crippen LogP contribution < -0.4 is 0 Å². The van der Waals surface area contributed by atoms with E-state index in [4.69, 9.17) is 0 Å². The predicted molar refractivity (Wildman–Crippen MR) is 74.3 cm³/mol. The van der Waals surface area contributed by atoms with Crippen LogP contribution in [0.25, 0.3) is 10.6 Å². The van der Waals surface area contributed by atoms with Crippen LogP contribution in [0.15, 0.2) is 28.7 Å². The van der Waals surface area contributed by atoms with E-state index in [0.717, 1.165) is 18.9 Å². The molecule has 2 heterocycles. The molecule has 1 atom stereocenters. The van der Waals surface area contributed by atoms with Crippen molar-refractivity contribution >= 4 is 22.5 Å². The monoisotopic (exact) mass is 332 g/mol. The molecule has 2 aromatic rings. The highest BCUT2D eigenvalue weighted by molar-refractivity contribution is 7.91. The molecule has 112 valence electrons. The lowest BCUT2D eigenvalue weighted by molar-refractivity contribution is -0.141. The van der Waals surface area contributed by atoms with Crippen LogP contribution in [0.3, 0.4) is 0 Å². The van der Waals surface area contributed by atoms with Gasteiger partial charge in [-0.05, 0) is 30.4 Å². The molecule has 0 aliphatic heterocycles. The third-order valence-electron chi connectivity index (χ3n) is 3.06. The van der Waals surface area contributed by atoms with Crippen molar-refractivity contribution in [2.24, 2.45) is 5.92 Å². The quantitative estimate of drug-likeness (QED) is 0.633. The molecule has 0 spiro atoms. The Bertz CT molecular complexity index is 627. The molecule has 3 rings (SSSR count). The van der Waals surface area contributed by atoms with Gasteiger partial charge in [-0.15, -0.1) is 11.3 Å². The van der Waals surface area contributed by atoms with E-state index >= 15 is 0 Å². The summed E-state index contributed by atoms with van der Waals surface area (Å²) in [6.07, 6.45) is -2.63. The Morgan fingerprint density at radius 1 is 1.33 bits per heavy atom. The minimum absolute atomic E-state index is 0.173. The SMILES string of the molecule is [O-][S+](CC1CC1)c1nc(-c2cccs2)cc(C(F)(F)F)n1. The zero-order valence-corrected chi connectivity index (χ0v) is 12.4. The first-order valence-corrected chi connectivity index (χ1v) is 8.52. The normalized spacial score (nSPS) is 17.0. The van der Waals surface area contributed by atoms with Gasteiger partial charge in [0.05, 0.1) is 10.6 Å². The second kappa shape index (κ2) is 5.58. The van der Waals surface area contributed by atoms with Gasteiger partial charge in [-0.3, -0.25) is 0 Å². The summed E-state index contributed by atoms with van der Waals surface area (Å²) < 4.78 is 50.9. The third-order valence-corrected chi connectivity index (χ3v) is 5.31. The average Bonchev–Trinajstić information content (AvgIpc) is 3.07. The van der Waals surface area contributed by atoms with Crippen LogP contribution >= 0.6 is 11.3 Å². The van der Waals surface area contributed by atoms with Crippen molar-refractivity contribution in [2.75, 3.05) is 5.75 Å². The van der Waals surface area contributed by atoms with Gasteiger partial charge in [0.25, 0.3) is 0 Å². The molecule has 21 heavy (non-hydrogen) atoms. The number of rotatable bonds is 4. The lowest BCUT2D eigenvalue weighted by Crippen LogP contribution is -2.17. The first-order chi connectivity index (χ1) is 9.93. The van der Waals surface area contributed by atoms with Crippen LogP contribution in [-0.2, 0) is 17.4 Å². The maximum absolute atomic E-state index is 12.9. The highest BCUT2D eigenvalue weighted by Crippen LogP contribution is 2.34. The van der Waals surface area contributed by atoms with Crippen molar-refractivity contribution in [2.45, 2.75) is 24.2 Å². The number of aromatic nitrogens is 2. The molecular formula is C13H11F3N2OS2. The van der Waals surface area contributed by atoms with Crippen molar-refractivity contribution in [3.63, 3.8) is 0 Å². The van der Waals surface area contributed by atoms with Gasteiger partial charge in [0.1, 0.15) is 5.75 Å². The van der Waals surface area contributed by atoms with Gasteiger partial charge in [0.2, 0.25) is 0 Å². The number of hydrogen-bond acceptors (Lipinski definition) is 4. The minimum atomic E-state index is -4.58. The van der Waals surface area contributed by atoms with Gasteiger partial charge in [-0.1, -0.05) is 6.07 Å². The van der Waals surface area contributed by atoms with Crippen molar-refractivity contribution in [3.8, 4) is 10.6 Å². The van der Waals surface area contributed by atoms with E-state index in [-0.39, 0.29) is 10.9 Å². The lowest BCUT2D eigenvalue weighted by Gasteiger charge is -2.12. The largest absolute Gasteiger partial charge is 0.609 e. The van der Waals surface area contributed by atoms with Crippen LogP contribution in [-0.4, -0.2) is 20.3 Å². The molecule has 1 aliphatic carbocycles. The van der Waals surface area contributed by atoms with E-state index < -0.39 is 23.0 Å². The van der Waals surface area contributed by atoms with Crippen LogP contribution in [0.4, 0.5) is 13.2 Å². The first kappa shape index (κ1) is 14.8. The predicted octanol–water partition coefficient (Wildman–Crippen LogP) is 3.74. The fraction of sp³-hybridized carbons (Fsp3) is 0.385. The molecule has 1 aliphatic rings. The Hall–Kier alpha value is -1.12. The Labute approximate surface area is 126 Å². The Morgan fingerprint density at radius 2 is 2.10 bits per heavy atom. The van der Waals surface area contributed by atoms with Crippen LogP contribution in [0.5, 0.6) is 0 Å². The smallest absolute Gasteiger partial charge is 0.433 e. The Balaban J connectivity index is 2.00. The molecule has 1 fully saturated rings. The van der Waals surface area contributed by atoms with E-state index in [1.807, 2.05) is 0 Å². The second-order valence-electron chi connectivity index (χ2n) is 4.85. The fourth-order valence-corrected chi connectivity index (χ4v) is 3.79. The van der Waals surface area contributed by atoms with Crippen LogP contribution in [0, 0.1) is 5.92 Å². The summed E-state index contributed by atoms with van der Waals surface area (Å²) in [7, 11) is 0. The van der Waals surface area contributed by atoms with E-state index in [1.165, 1.54) is 11.3 Å². The van der Waals surface area contributed by atoms with E-state index in [1.54, 1.807) is 17.5 Å². The summed E-state index contributed by atoms with van der Waals surface area (Å²) in [5.74, 6) is 0.666. The van der Waals surface area contributed by atoms with Crippen molar-refractivity contribution in [1.82, 2.24) is 9.97 Å². The third kappa shape index (κ3) is 3.56. The minimum Gasteiger partial charge on any atom is -0.609 e. The molecule has 0 amide bonds. The standard InChI is InChI=1S/C13H11F3N2OS2/c14-13(15,16)11-6-9(10-2-1-5-20-10)17-12(18-11)21(19)7-8-3-4-8/h1-2,5-6,8H,3-4,7H2. The topological polar surface area (TPSA) is 48.8 Å². The second-order valence-corrected chi connectivity index (χ2v) is 7.19. The summed E-state index contributed by atoms with van der Waals surface area (Å²) in [4.78, 5) is 8.14. The summed E-state index contributed by atoms with van der Waals surface area (Å²) in [5.41, 5.74) is -0.869. The highest BCUT2D eigenvalue weighted by Gasteiger charge is 2.36. The first-order valence-electron chi connectivity index (χ1n) is 6.32. The van der Waals surface area contributed by atoms with Crippen LogP contribution in [0.1, 0.15) is 18.5 Å². The number of hydrogen-bond donors (Lipinski definition) is 0. The Kier molecular flexibility index (Phi) is 3.94. The summed E-state index contributed by atoms with van der Waals surface area (Å²) in [6, 6.07) is 4.32. The van der Waals surface area contributed by atoms with Gasteiger partial charge in [-0.2, -0.15) is 23.1 Å². The lowest BCUT2D eigenvalue weighted by atomic mass is 10.3. The number of halogens is 3. The summed E-state index contributed by atoms with van der Waals surface area (Å²) in [6.45, 7) is 0. The summed E-state index contributed by atoms with van der Waals surface area (Å²) in [5, 5.41) is 1.53. The molecule has 0 radical (unpaired) electrons. The van der Waals surface area contributed by atoms with Crippen molar-refractivity contribution in [3.05, 3.63) is 29.3 Å². The molecule has 2 aromatic heterocycles. The van der Waals surface area contributed by atoms with Crippen LogP contribution in [0.2, 0.25) is 0 Å². The van der Waals surface area contributed by atoms with E-state index in [0.29, 0.717) is 16.5 Å². The highest BCUT2D eigenvalue weighted by atomic mass is 32.2. The van der Waals surface area contributed by atoms with Gasteiger partial charge >= 0.3 is 11.3 Å². The maximum Gasteiger partial charge on any atom is 0.433 e. The van der Waals surface area contributed by atoms with Crippen molar-refractivity contribution < 1.29 is 17.7 Å². The maximum atomic E-state index is 12.9. The van der Waals surface area contributed by atoms with E-state index in [2.05, 4.69) is 9.97 Å². The summed E-state index contributed by atoms with van der Waals surface area (Å²) >= 11 is -0.300. The average molecular weight is 332 g/mol. The zero-order chi connectivity index (χ0) is 15.0. The fourth-order valence-electron chi connectivity index (χ4n) is 1.80. The zero-order valence-electron chi connectivity index (χ0n) is 10.8. The molecule has 0 bridgehead atoms. The number of alkyl halides is 3. The van der Waals surface area contributed by atoms with Gasteiger partial charge in [-0.25, -0.2) is 0 Å². The number of thiophene rings is 1. The number of nitrogens with zero attached hydrogens (tertiary/aromatic N) is 2. The molecular weight excluding hydrogens is 321 g/mol. The molecule has 3 nitrogen and oxygen atoms in total. The van der Waals surface area contributed by atoms with Gasteiger partial charge in [0, 0.05) is 17.1 Å². The molecule has 1 unspecified atom stereocenters. The molecule has 0 saturated heterocycles. The molecule has 1 saturated carbocycles. The van der Waals surface area contributed by atoms with Gasteiger partial charge in [0.15, 0.2) is 5.69 Å². The van der Waals surface area contributed by atoms with Crippen molar-refractivity contribution in [1.29, 1.82) is 0 Å². The van der Waals surface area contributed by atoms with E-state index in [9.17, 15) is 17.7 Å². The Morgan fingerprint density at radius 3 is 2.67 bits per heavy atom. The molecule has 0 aromatic carbocycles.